The van der Waals surface area contributed by atoms with Gasteiger partial charge >= 0.3 is 0 Å². The van der Waals surface area contributed by atoms with Crippen LogP contribution in [-0.4, -0.2) is 18.1 Å². The van der Waals surface area contributed by atoms with Crippen molar-refractivity contribution in [2.75, 3.05) is 0 Å². The summed E-state index contributed by atoms with van der Waals surface area (Å²) < 4.78 is 2.33. The molecule has 1 heterocycles. The van der Waals surface area contributed by atoms with Crippen molar-refractivity contribution in [2.45, 2.75) is 52.0 Å². The van der Waals surface area contributed by atoms with Crippen LogP contribution in [0.2, 0.25) is 5.04 Å². The van der Waals surface area contributed by atoms with Crippen LogP contribution in [0, 0.1) is 9.12 Å². The Morgan fingerprint density at radius 2 is 1.41 bits per heavy atom. The van der Waals surface area contributed by atoms with Gasteiger partial charge in [0, 0.05) is 15.4 Å². The Morgan fingerprint density at radius 1 is 0.853 bits per heavy atom. The van der Waals surface area contributed by atoms with E-state index < -0.39 is 8.32 Å². The number of hydrogen-bond acceptors (Lipinski definition) is 1. The summed E-state index contributed by atoms with van der Waals surface area (Å²) in [5.41, 5.74) is 2.67. The Labute approximate surface area is 226 Å². The van der Waals surface area contributed by atoms with Gasteiger partial charge in [0.15, 0.2) is 0 Å². The van der Waals surface area contributed by atoms with Crippen molar-refractivity contribution >= 4 is 68.1 Å². The van der Waals surface area contributed by atoms with Gasteiger partial charge in [-0.15, -0.1) is 0 Å². The summed E-state index contributed by atoms with van der Waals surface area (Å²) in [6, 6.07) is 27.1. The zero-order valence-corrected chi connectivity index (χ0v) is 25.1. The molecule has 0 unspecified atom stereocenters. The van der Waals surface area contributed by atoms with Crippen LogP contribution in [0.1, 0.15) is 46.1 Å². The third kappa shape index (κ3) is 5.08. The van der Waals surface area contributed by atoms with Gasteiger partial charge in [0.1, 0.15) is 0 Å². The lowest BCUT2D eigenvalue weighted by Crippen LogP contribution is -2.65. The number of aromatic amines is 1. The first kappa shape index (κ1) is 25.7. The molecular formula is C29H33BrINOSi. The fourth-order valence-corrected chi connectivity index (χ4v) is 9.93. The monoisotopic (exact) mass is 645 g/mol. The van der Waals surface area contributed by atoms with E-state index >= 15 is 0 Å². The van der Waals surface area contributed by atoms with Crippen molar-refractivity contribution in [1.29, 1.82) is 0 Å². The van der Waals surface area contributed by atoms with E-state index in [9.17, 15) is 4.80 Å². The number of aromatic nitrogens is 1. The molecule has 0 aliphatic heterocycles. The van der Waals surface area contributed by atoms with Gasteiger partial charge in [0.25, 0.3) is 8.32 Å². The van der Waals surface area contributed by atoms with Gasteiger partial charge in [-0.25, -0.2) is 0 Å². The number of hydrogen-bond donors (Lipinski definition) is 2. The highest BCUT2D eigenvalue weighted by atomic mass is 127. The summed E-state index contributed by atoms with van der Waals surface area (Å²) >= 11 is 6.07. The molecule has 0 saturated carbocycles. The van der Waals surface area contributed by atoms with Crippen LogP contribution in [0.5, 0.6) is 0 Å². The molecule has 0 atom stereocenters. The van der Waals surface area contributed by atoms with Gasteiger partial charge in [0.2, 0.25) is 0 Å². The molecule has 4 rings (SSSR count). The highest BCUT2D eigenvalue weighted by Crippen LogP contribution is 2.44. The van der Waals surface area contributed by atoms with Gasteiger partial charge in [-0.05, 0) is 86.4 Å². The molecule has 0 radical (unpaired) electrons. The predicted octanol–water partition coefficient (Wildman–Crippen LogP) is 7.42. The second-order valence-corrected chi connectivity index (χ2v) is 16.7. The van der Waals surface area contributed by atoms with E-state index in [1.54, 1.807) is 0 Å². The summed E-state index contributed by atoms with van der Waals surface area (Å²) in [4.78, 5) is 16.0. The molecule has 0 aliphatic carbocycles. The van der Waals surface area contributed by atoms with E-state index in [2.05, 4.69) is 114 Å². The highest BCUT2D eigenvalue weighted by molar-refractivity contribution is 14.1. The number of halogens is 2. The molecule has 34 heavy (non-hydrogen) atoms. The van der Waals surface area contributed by atoms with Crippen LogP contribution in [0.4, 0.5) is 0 Å². The summed E-state index contributed by atoms with van der Waals surface area (Å²) in [7, 11) is -2.98. The predicted molar refractivity (Wildman–Crippen MR) is 160 cm³/mol. The Morgan fingerprint density at radius 3 is 1.97 bits per heavy atom. The fraction of sp³-hybridized carbons (Fsp3) is 0.310. The molecule has 2 N–H and O–H groups in total. The molecule has 1 aromatic heterocycles. The average Bonchev–Trinajstić information content (AvgIpc) is 3.12. The Balaban J connectivity index is 1.62. The normalized spacial score (nSPS) is 12.9. The van der Waals surface area contributed by atoms with Gasteiger partial charge in [-0.1, -0.05) is 104 Å². The smallest absolute Gasteiger partial charge is 0.258 e. The molecule has 3 aromatic carbocycles. The quantitative estimate of drug-likeness (QED) is 0.152. The SMILES string of the molecule is CC(C)(CCC(C)(C)[Si](O)(c1ccccc1)c1ccccc1)Cc1c(I)[nH]c2ccc(Br)cc12. The molecule has 0 aliphatic rings. The molecular weight excluding hydrogens is 613 g/mol. The lowest BCUT2D eigenvalue weighted by molar-refractivity contribution is 0.297. The van der Waals surface area contributed by atoms with E-state index in [-0.39, 0.29) is 10.5 Å². The topological polar surface area (TPSA) is 36.0 Å². The first-order valence-electron chi connectivity index (χ1n) is 11.8. The molecule has 0 saturated heterocycles. The second kappa shape index (κ2) is 9.92. The Hall–Kier alpha value is -1.41. The van der Waals surface area contributed by atoms with Crippen LogP contribution in [0.3, 0.4) is 0 Å². The maximum absolute atomic E-state index is 12.5. The van der Waals surface area contributed by atoms with Crippen molar-refractivity contribution in [3.8, 4) is 0 Å². The first-order valence-corrected chi connectivity index (χ1v) is 15.6. The summed E-state index contributed by atoms with van der Waals surface area (Å²) in [5, 5.41) is 3.23. The maximum atomic E-state index is 12.5. The van der Waals surface area contributed by atoms with Gasteiger partial charge in [-0.2, -0.15) is 0 Å². The third-order valence-electron chi connectivity index (χ3n) is 7.26. The van der Waals surface area contributed by atoms with E-state index in [0.29, 0.717) is 0 Å². The van der Waals surface area contributed by atoms with E-state index in [0.717, 1.165) is 34.1 Å². The minimum absolute atomic E-state index is 0.0946. The average molecular weight is 646 g/mol. The molecule has 5 heteroatoms. The lowest BCUT2D eigenvalue weighted by Gasteiger charge is -2.43. The number of rotatable bonds is 8. The second-order valence-electron chi connectivity index (χ2n) is 10.8. The standard InChI is InChI=1S/C29H33BrINOSi/c1-28(2,20-25-24-19-21(30)15-16-26(24)32-27(25)31)17-18-29(3,4)34(33,22-11-7-5-8-12-22)23-13-9-6-10-14-23/h5-16,19,32-33H,17-18,20H2,1-4H3. The van der Waals surface area contributed by atoms with Crippen LogP contribution in [-0.2, 0) is 6.42 Å². The number of fused-ring (bicyclic) bond motifs is 1. The minimum Gasteiger partial charge on any atom is -0.424 e. The number of H-pyrrole nitrogens is 1. The maximum Gasteiger partial charge on any atom is 0.258 e. The lowest BCUT2D eigenvalue weighted by atomic mass is 9.80. The van der Waals surface area contributed by atoms with E-state index in [4.69, 9.17) is 0 Å². The van der Waals surface area contributed by atoms with Crippen LogP contribution < -0.4 is 10.4 Å². The Bertz CT molecular complexity index is 1230. The van der Waals surface area contributed by atoms with Crippen molar-refractivity contribution < 1.29 is 4.80 Å². The van der Waals surface area contributed by atoms with E-state index in [1.807, 2.05) is 36.4 Å². The highest BCUT2D eigenvalue weighted by Gasteiger charge is 2.50. The van der Waals surface area contributed by atoms with Crippen molar-refractivity contribution in [1.82, 2.24) is 4.98 Å². The molecule has 178 valence electrons. The fourth-order valence-electron chi connectivity index (χ4n) is 5.07. The van der Waals surface area contributed by atoms with Gasteiger partial charge in [-0.3, -0.25) is 0 Å². The molecule has 2 nitrogen and oxygen atoms in total. The number of benzene rings is 3. The summed E-state index contributed by atoms with van der Waals surface area (Å²) in [6.45, 7) is 9.26. The van der Waals surface area contributed by atoms with Crippen molar-refractivity contribution in [3.63, 3.8) is 0 Å². The minimum atomic E-state index is -2.98. The number of nitrogens with one attached hydrogen (secondary N) is 1. The van der Waals surface area contributed by atoms with Crippen LogP contribution >= 0.6 is 38.5 Å². The van der Waals surface area contributed by atoms with Gasteiger partial charge < -0.3 is 9.78 Å². The zero-order valence-electron chi connectivity index (χ0n) is 20.3. The molecule has 0 amide bonds. The van der Waals surface area contributed by atoms with Crippen molar-refractivity contribution in [2.24, 2.45) is 5.41 Å². The molecule has 0 fully saturated rings. The van der Waals surface area contributed by atoms with Crippen LogP contribution in [0.15, 0.2) is 83.3 Å². The largest absolute Gasteiger partial charge is 0.424 e. The molecule has 0 spiro atoms. The zero-order chi connectivity index (χ0) is 24.6. The van der Waals surface area contributed by atoms with Crippen molar-refractivity contribution in [3.05, 3.63) is 92.6 Å². The Kier molecular flexibility index (Phi) is 7.49. The molecule has 0 bridgehead atoms. The molecule has 4 aromatic rings. The first-order chi connectivity index (χ1) is 16.0. The summed E-state index contributed by atoms with van der Waals surface area (Å²) in [6.07, 6.45) is 2.98. The summed E-state index contributed by atoms with van der Waals surface area (Å²) in [5.74, 6) is 0. The van der Waals surface area contributed by atoms with Gasteiger partial charge in [0.05, 0.1) is 3.70 Å². The third-order valence-corrected chi connectivity index (χ3v) is 13.2. The van der Waals surface area contributed by atoms with Crippen LogP contribution in [0.25, 0.3) is 10.9 Å². The van der Waals surface area contributed by atoms with E-state index in [1.165, 1.54) is 20.2 Å².